The van der Waals surface area contributed by atoms with E-state index in [2.05, 4.69) is 11.9 Å². The van der Waals surface area contributed by atoms with E-state index in [1.807, 2.05) is 6.92 Å². The Hall–Kier alpha value is -2.35. The number of benzene rings is 1. The molecule has 1 aromatic rings. The molecule has 0 aliphatic carbocycles. The SMILES string of the molecule is C=CCNC(=O)[C@H](C)OC(=O)c1ccc2c(c1)C[C@@H](C)N2S(C)(=O)=O. The Morgan fingerprint density at radius 1 is 1.48 bits per heavy atom. The summed E-state index contributed by atoms with van der Waals surface area (Å²) in [5.74, 6) is -1.04. The highest BCUT2D eigenvalue weighted by Gasteiger charge is 2.33. The number of esters is 1. The van der Waals surface area contributed by atoms with Crippen molar-refractivity contribution in [3.63, 3.8) is 0 Å². The molecule has 0 saturated heterocycles. The number of ether oxygens (including phenoxy) is 1. The van der Waals surface area contributed by atoms with Crippen LogP contribution in [0.4, 0.5) is 5.69 Å². The summed E-state index contributed by atoms with van der Waals surface area (Å²) in [5.41, 5.74) is 1.61. The van der Waals surface area contributed by atoms with Gasteiger partial charge in [0.05, 0.1) is 17.5 Å². The van der Waals surface area contributed by atoms with E-state index in [0.29, 0.717) is 18.7 Å². The summed E-state index contributed by atoms with van der Waals surface area (Å²) in [6.07, 6.45) is 2.26. The maximum absolute atomic E-state index is 12.2. The second-order valence-electron chi connectivity index (χ2n) is 6.04. The molecule has 1 aliphatic rings. The lowest BCUT2D eigenvalue weighted by atomic mass is 10.1. The number of hydrogen-bond acceptors (Lipinski definition) is 5. The van der Waals surface area contributed by atoms with Gasteiger partial charge in [-0.3, -0.25) is 9.10 Å². The van der Waals surface area contributed by atoms with E-state index in [1.54, 1.807) is 12.1 Å². The third kappa shape index (κ3) is 4.19. The van der Waals surface area contributed by atoms with Gasteiger partial charge in [0.1, 0.15) is 0 Å². The zero-order valence-electron chi connectivity index (χ0n) is 14.5. The molecular weight excluding hydrogens is 344 g/mol. The van der Waals surface area contributed by atoms with Gasteiger partial charge in [0, 0.05) is 12.6 Å². The molecule has 1 amide bonds. The maximum atomic E-state index is 12.2. The van der Waals surface area contributed by atoms with Crippen molar-refractivity contribution in [1.29, 1.82) is 0 Å². The molecule has 25 heavy (non-hydrogen) atoms. The van der Waals surface area contributed by atoms with Crippen LogP contribution in [-0.2, 0) is 26.0 Å². The number of fused-ring (bicyclic) bond motifs is 1. The summed E-state index contributed by atoms with van der Waals surface area (Å²) in [7, 11) is -3.38. The first-order valence-electron chi connectivity index (χ1n) is 7.87. The van der Waals surface area contributed by atoms with Gasteiger partial charge < -0.3 is 10.1 Å². The van der Waals surface area contributed by atoms with Gasteiger partial charge in [-0.2, -0.15) is 0 Å². The zero-order chi connectivity index (χ0) is 18.8. The Morgan fingerprint density at radius 2 is 2.16 bits per heavy atom. The largest absolute Gasteiger partial charge is 0.449 e. The van der Waals surface area contributed by atoms with Crippen molar-refractivity contribution < 1.29 is 22.7 Å². The summed E-state index contributed by atoms with van der Waals surface area (Å²) in [5, 5.41) is 2.55. The zero-order valence-corrected chi connectivity index (χ0v) is 15.3. The Morgan fingerprint density at radius 3 is 2.76 bits per heavy atom. The highest BCUT2D eigenvalue weighted by Crippen LogP contribution is 2.34. The minimum absolute atomic E-state index is 0.208. The van der Waals surface area contributed by atoms with Crippen molar-refractivity contribution in [1.82, 2.24) is 5.32 Å². The molecule has 0 saturated carbocycles. The number of amides is 1. The average Bonchev–Trinajstić information content (AvgIpc) is 2.86. The van der Waals surface area contributed by atoms with Crippen LogP contribution in [0.25, 0.3) is 0 Å². The summed E-state index contributed by atoms with van der Waals surface area (Å²) in [4.78, 5) is 24.0. The Balaban J connectivity index is 2.15. The van der Waals surface area contributed by atoms with Crippen LogP contribution in [0.2, 0.25) is 0 Å². The molecule has 0 fully saturated rings. The van der Waals surface area contributed by atoms with E-state index in [1.165, 1.54) is 23.4 Å². The monoisotopic (exact) mass is 366 g/mol. The van der Waals surface area contributed by atoms with E-state index in [9.17, 15) is 18.0 Å². The van der Waals surface area contributed by atoms with Crippen LogP contribution in [-0.4, -0.2) is 45.2 Å². The standard InChI is InChI=1S/C17H22N2O5S/c1-5-8-18-16(20)12(3)24-17(21)13-6-7-15-14(10-13)9-11(2)19(15)25(4,22)23/h5-7,10-12H,1,8-9H2,2-4H3,(H,18,20)/t11-,12+/m1/s1. The third-order valence-corrected chi connectivity index (χ3v) is 5.17. The van der Waals surface area contributed by atoms with Crippen molar-refractivity contribution in [3.8, 4) is 0 Å². The Kier molecular flexibility index (Phi) is 5.52. The molecular formula is C17H22N2O5S. The predicted octanol–water partition coefficient (Wildman–Crippen LogP) is 1.24. The maximum Gasteiger partial charge on any atom is 0.338 e. The molecule has 2 atom stereocenters. The first-order valence-corrected chi connectivity index (χ1v) is 9.72. The normalized spacial score (nSPS) is 17.6. The summed E-state index contributed by atoms with van der Waals surface area (Å²) < 4.78 is 30.3. The number of nitrogens with zero attached hydrogens (tertiary/aromatic N) is 1. The topological polar surface area (TPSA) is 92.8 Å². The molecule has 1 aromatic carbocycles. The van der Waals surface area contributed by atoms with Gasteiger partial charge >= 0.3 is 5.97 Å². The van der Waals surface area contributed by atoms with Crippen LogP contribution in [0, 0.1) is 0 Å². The number of carbonyl (C=O) groups excluding carboxylic acids is 2. The van der Waals surface area contributed by atoms with E-state index in [-0.39, 0.29) is 11.6 Å². The van der Waals surface area contributed by atoms with Crippen LogP contribution in [0.5, 0.6) is 0 Å². The number of anilines is 1. The van der Waals surface area contributed by atoms with Crippen LogP contribution >= 0.6 is 0 Å². The van der Waals surface area contributed by atoms with Crippen LogP contribution in [0.15, 0.2) is 30.9 Å². The highest BCUT2D eigenvalue weighted by molar-refractivity contribution is 7.92. The van der Waals surface area contributed by atoms with Crippen LogP contribution < -0.4 is 9.62 Å². The van der Waals surface area contributed by atoms with Crippen molar-refractivity contribution in [3.05, 3.63) is 42.0 Å². The van der Waals surface area contributed by atoms with Crippen molar-refractivity contribution >= 4 is 27.6 Å². The number of rotatable bonds is 6. The van der Waals surface area contributed by atoms with Gasteiger partial charge in [0.2, 0.25) is 10.0 Å². The fraction of sp³-hybridized carbons (Fsp3) is 0.412. The predicted molar refractivity (Wildman–Crippen MR) is 95.0 cm³/mol. The highest BCUT2D eigenvalue weighted by atomic mass is 32.2. The molecule has 0 radical (unpaired) electrons. The minimum Gasteiger partial charge on any atom is -0.449 e. The molecule has 0 spiro atoms. The number of carbonyl (C=O) groups is 2. The van der Waals surface area contributed by atoms with Crippen molar-refractivity contribution in [2.45, 2.75) is 32.4 Å². The molecule has 1 N–H and O–H groups in total. The minimum atomic E-state index is -3.38. The second-order valence-corrected chi connectivity index (χ2v) is 7.90. The lowest BCUT2D eigenvalue weighted by Gasteiger charge is -2.22. The first-order chi connectivity index (χ1) is 11.6. The summed E-state index contributed by atoms with van der Waals surface area (Å²) in [6, 6.07) is 4.51. The molecule has 2 rings (SSSR count). The van der Waals surface area contributed by atoms with Gasteiger partial charge in [0.15, 0.2) is 6.10 Å². The Labute approximate surface area is 147 Å². The van der Waals surface area contributed by atoms with Gasteiger partial charge in [-0.25, -0.2) is 13.2 Å². The summed E-state index contributed by atoms with van der Waals surface area (Å²) in [6.45, 7) is 7.08. The van der Waals surface area contributed by atoms with Gasteiger partial charge in [-0.05, 0) is 44.0 Å². The van der Waals surface area contributed by atoms with Gasteiger partial charge in [-0.1, -0.05) is 6.08 Å². The average molecular weight is 366 g/mol. The first kappa shape index (κ1) is 19.0. The molecule has 0 unspecified atom stereocenters. The molecule has 0 aromatic heterocycles. The van der Waals surface area contributed by atoms with E-state index < -0.39 is 28.0 Å². The molecule has 0 bridgehead atoms. The molecule has 1 heterocycles. The lowest BCUT2D eigenvalue weighted by molar-refractivity contribution is -0.128. The lowest BCUT2D eigenvalue weighted by Crippen LogP contribution is -2.35. The fourth-order valence-corrected chi connectivity index (χ4v) is 4.10. The molecule has 1 aliphatic heterocycles. The van der Waals surface area contributed by atoms with E-state index in [0.717, 1.165) is 11.8 Å². The van der Waals surface area contributed by atoms with Gasteiger partial charge in [-0.15, -0.1) is 6.58 Å². The number of nitrogens with one attached hydrogen (secondary N) is 1. The van der Waals surface area contributed by atoms with E-state index >= 15 is 0 Å². The molecule has 136 valence electrons. The van der Waals surface area contributed by atoms with Gasteiger partial charge in [0.25, 0.3) is 5.91 Å². The number of sulfonamides is 1. The van der Waals surface area contributed by atoms with E-state index in [4.69, 9.17) is 4.74 Å². The van der Waals surface area contributed by atoms with Crippen molar-refractivity contribution in [2.24, 2.45) is 0 Å². The number of hydrogen-bond donors (Lipinski definition) is 1. The fourth-order valence-electron chi connectivity index (χ4n) is 2.83. The van der Waals surface area contributed by atoms with Crippen LogP contribution in [0.1, 0.15) is 29.8 Å². The second kappa shape index (κ2) is 7.26. The summed E-state index contributed by atoms with van der Waals surface area (Å²) >= 11 is 0. The Bertz CT molecular complexity index is 803. The van der Waals surface area contributed by atoms with Crippen LogP contribution in [0.3, 0.4) is 0 Å². The third-order valence-electron chi connectivity index (χ3n) is 3.90. The molecule has 8 heteroatoms. The molecule has 7 nitrogen and oxygen atoms in total. The quantitative estimate of drug-likeness (QED) is 0.604. The smallest absolute Gasteiger partial charge is 0.338 e. The van der Waals surface area contributed by atoms with Crippen molar-refractivity contribution in [2.75, 3.05) is 17.1 Å².